The Balaban J connectivity index is 1.25. The average molecular weight is 605 g/mol. The number of carbonyl (C=O) groups excluding carboxylic acids is 1. The summed E-state index contributed by atoms with van der Waals surface area (Å²) in [5.74, 6) is -0.288. The van der Waals surface area contributed by atoms with Crippen molar-refractivity contribution >= 4 is 21.5 Å². The van der Waals surface area contributed by atoms with Crippen LogP contribution in [0.15, 0.2) is 53.9 Å². The number of amides is 1. The van der Waals surface area contributed by atoms with Gasteiger partial charge in [-0.3, -0.25) is 9.69 Å². The second kappa shape index (κ2) is 12.9. The van der Waals surface area contributed by atoms with Crippen LogP contribution in [0.4, 0.5) is 13.2 Å². The number of likely N-dealkylation sites (tertiary alicyclic amines) is 1. The van der Waals surface area contributed by atoms with Gasteiger partial charge in [-0.25, -0.2) is 8.42 Å². The molecule has 2 N–H and O–H groups in total. The fourth-order valence-corrected chi connectivity index (χ4v) is 8.00. The number of rotatable bonds is 8. The van der Waals surface area contributed by atoms with Gasteiger partial charge < -0.3 is 10.6 Å². The maximum absolute atomic E-state index is 13.4. The van der Waals surface area contributed by atoms with Crippen molar-refractivity contribution in [2.45, 2.75) is 68.1 Å². The lowest BCUT2D eigenvalue weighted by atomic mass is 9.85. The number of benzene rings is 2. The molecule has 0 radical (unpaired) electrons. The summed E-state index contributed by atoms with van der Waals surface area (Å²) in [6, 6.07) is 9.19. The predicted molar refractivity (Wildman–Crippen MR) is 156 cm³/mol. The van der Waals surface area contributed by atoms with E-state index in [0.29, 0.717) is 12.6 Å². The van der Waals surface area contributed by atoms with Gasteiger partial charge in [0.15, 0.2) is 0 Å². The van der Waals surface area contributed by atoms with E-state index >= 15 is 0 Å². The molecule has 7 nitrogen and oxygen atoms in total. The van der Waals surface area contributed by atoms with E-state index in [1.807, 2.05) is 0 Å². The number of alkyl halides is 3. The van der Waals surface area contributed by atoms with Crippen LogP contribution in [0.5, 0.6) is 0 Å². The molecular weight excluding hydrogens is 565 g/mol. The lowest BCUT2D eigenvalue weighted by molar-refractivity contribution is -0.137. The van der Waals surface area contributed by atoms with Crippen LogP contribution in [0.1, 0.15) is 66.8 Å². The third-order valence-electron chi connectivity index (χ3n) is 8.55. The minimum absolute atomic E-state index is 0.0624. The Morgan fingerprint density at radius 2 is 1.83 bits per heavy atom. The highest BCUT2D eigenvalue weighted by atomic mass is 32.2. The van der Waals surface area contributed by atoms with Gasteiger partial charge in [-0.1, -0.05) is 37.3 Å². The number of sulfonamides is 1. The quantitative estimate of drug-likeness (QED) is 0.455. The van der Waals surface area contributed by atoms with E-state index in [0.717, 1.165) is 78.1 Å². The number of fused-ring (bicyclic) bond motifs is 1. The molecule has 0 spiro atoms. The lowest BCUT2D eigenvalue weighted by Crippen LogP contribution is -2.55. The molecule has 2 unspecified atom stereocenters. The van der Waals surface area contributed by atoms with Crippen LogP contribution in [0.2, 0.25) is 0 Å². The summed E-state index contributed by atoms with van der Waals surface area (Å²) >= 11 is 0. The molecule has 2 fully saturated rings. The van der Waals surface area contributed by atoms with Crippen molar-refractivity contribution in [3.05, 3.63) is 71.3 Å². The number of piperidine rings is 1. The molecule has 228 valence electrons. The van der Waals surface area contributed by atoms with E-state index in [9.17, 15) is 26.4 Å². The molecule has 1 amide bonds. The summed E-state index contributed by atoms with van der Waals surface area (Å²) in [7, 11) is -4.24. The van der Waals surface area contributed by atoms with Crippen LogP contribution in [-0.4, -0.2) is 68.8 Å². The van der Waals surface area contributed by atoms with Crippen LogP contribution in [0.25, 0.3) is 5.57 Å². The van der Waals surface area contributed by atoms with Crippen LogP contribution in [0.3, 0.4) is 0 Å². The third kappa shape index (κ3) is 7.07. The van der Waals surface area contributed by atoms with Crippen LogP contribution in [-0.2, 0) is 27.4 Å². The number of carbonyl (C=O) groups is 1. The summed E-state index contributed by atoms with van der Waals surface area (Å²) < 4.78 is 67.8. The fourth-order valence-electron chi connectivity index (χ4n) is 6.33. The number of piperazine rings is 1. The van der Waals surface area contributed by atoms with Crippen LogP contribution in [0, 0.1) is 0 Å². The molecule has 0 aromatic heterocycles. The maximum Gasteiger partial charge on any atom is 0.416 e. The Labute approximate surface area is 246 Å². The lowest BCUT2D eigenvalue weighted by Gasteiger charge is -2.35. The minimum Gasteiger partial charge on any atom is -0.349 e. The zero-order valence-electron chi connectivity index (χ0n) is 23.8. The van der Waals surface area contributed by atoms with Crippen molar-refractivity contribution < 1.29 is 26.4 Å². The first-order valence-corrected chi connectivity index (χ1v) is 16.2. The van der Waals surface area contributed by atoms with Gasteiger partial charge in [-0.05, 0) is 85.7 Å². The fraction of sp³-hybridized carbons (Fsp3) is 0.516. The Kier molecular flexibility index (Phi) is 9.41. The zero-order valence-corrected chi connectivity index (χ0v) is 24.6. The Bertz CT molecular complexity index is 1410. The second-order valence-corrected chi connectivity index (χ2v) is 13.5. The number of nitrogens with one attached hydrogen (secondary N) is 2. The molecule has 2 heterocycles. The SMILES string of the molecule is C=C(CN1CCCCC1)c1ccc2c(c1)CCCC2NC(=O)CC1CNCCN1S(=O)(=O)c1cccc(C(F)(F)F)c1. The van der Waals surface area contributed by atoms with Crippen molar-refractivity contribution in [3.63, 3.8) is 0 Å². The van der Waals surface area contributed by atoms with E-state index in [2.05, 4.69) is 40.3 Å². The van der Waals surface area contributed by atoms with Gasteiger partial charge >= 0.3 is 6.18 Å². The molecule has 2 aromatic carbocycles. The standard InChI is InChI=1S/C31H39F3N4O3S/c1-22(21-37-14-3-2-4-15-37)23-11-12-28-24(17-23)7-5-10-29(28)36-30(39)19-26-20-35-13-16-38(26)42(40,41)27-9-6-8-25(18-27)31(32,33)34/h6,8-9,11-12,17-18,26,29,35H,1-5,7,10,13-16,19-21H2,(H,36,39). The Morgan fingerprint density at radius 1 is 1.05 bits per heavy atom. The predicted octanol–water partition coefficient (Wildman–Crippen LogP) is 4.75. The van der Waals surface area contributed by atoms with E-state index < -0.39 is 32.7 Å². The monoisotopic (exact) mass is 604 g/mol. The summed E-state index contributed by atoms with van der Waals surface area (Å²) in [6.45, 7) is 8.04. The molecule has 1 aliphatic carbocycles. The van der Waals surface area contributed by atoms with Crippen molar-refractivity contribution in [2.24, 2.45) is 0 Å². The summed E-state index contributed by atoms with van der Waals surface area (Å²) in [4.78, 5) is 15.3. The van der Waals surface area contributed by atoms with Gasteiger partial charge in [0.25, 0.3) is 0 Å². The van der Waals surface area contributed by atoms with Gasteiger partial charge in [0.1, 0.15) is 0 Å². The first kappa shape index (κ1) is 30.7. The molecule has 0 bridgehead atoms. The van der Waals surface area contributed by atoms with Gasteiger partial charge in [-0.2, -0.15) is 17.5 Å². The highest BCUT2D eigenvalue weighted by molar-refractivity contribution is 7.89. The molecule has 0 saturated carbocycles. The molecule has 5 rings (SSSR count). The molecule has 2 atom stereocenters. The summed E-state index contributed by atoms with van der Waals surface area (Å²) in [5, 5.41) is 6.23. The number of aryl methyl sites for hydroxylation is 1. The van der Waals surface area contributed by atoms with Gasteiger partial charge in [0.05, 0.1) is 16.5 Å². The zero-order chi connectivity index (χ0) is 29.9. The normalized spacial score (nSPS) is 22.4. The topological polar surface area (TPSA) is 81.8 Å². The Morgan fingerprint density at radius 3 is 2.60 bits per heavy atom. The van der Waals surface area contributed by atoms with Gasteiger partial charge in [0, 0.05) is 38.6 Å². The maximum atomic E-state index is 13.4. The number of nitrogens with zero attached hydrogens (tertiary/aromatic N) is 2. The second-order valence-electron chi connectivity index (χ2n) is 11.6. The number of halogens is 3. The van der Waals surface area contributed by atoms with Crippen LogP contribution >= 0.6 is 0 Å². The highest BCUT2D eigenvalue weighted by Crippen LogP contribution is 2.34. The molecule has 2 aromatic rings. The van der Waals surface area contributed by atoms with Crippen LogP contribution < -0.4 is 10.6 Å². The smallest absolute Gasteiger partial charge is 0.349 e. The minimum atomic E-state index is -4.66. The summed E-state index contributed by atoms with van der Waals surface area (Å²) in [5.41, 5.74) is 3.45. The largest absolute Gasteiger partial charge is 0.416 e. The van der Waals surface area contributed by atoms with E-state index in [1.165, 1.54) is 24.8 Å². The molecular formula is C31H39F3N4O3S. The first-order chi connectivity index (χ1) is 20.0. The molecule has 3 aliphatic rings. The number of hydrogen-bond donors (Lipinski definition) is 2. The summed E-state index contributed by atoms with van der Waals surface area (Å²) in [6.07, 6.45) is 1.60. The van der Waals surface area contributed by atoms with Crippen molar-refractivity contribution in [2.75, 3.05) is 39.3 Å². The van der Waals surface area contributed by atoms with Crippen molar-refractivity contribution in [3.8, 4) is 0 Å². The third-order valence-corrected chi connectivity index (χ3v) is 10.5. The molecule has 11 heteroatoms. The molecule has 42 heavy (non-hydrogen) atoms. The van der Waals surface area contributed by atoms with E-state index in [1.54, 1.807) is 0 Å². The highest BCUT2D eigenvalue weighted by Gasteiger charge is 2.37. The average Bonchev–Trinajstić information content (AvgIpc) is 2.97. The van der Waals surface area contributed by atoms with Crippen molar-refractivity contribution in [1.29, 1.82) is 0 Å². The van der Waals surface area contributed by atoms with E-state index in [-0.39, 0.29) is 31.5 Å². The van der Waals surface area contributed by atoms with Gasteiger partial charge in [0.2, 0.25) is 15.9 Å². The molecule has 2 saturated heterocycles. The molecule has 2 aliphatic heterocycles. The van der Waals surface area contributed by atoms with E-state index in [4.69, 9.17) is 0 Å². The van der Waals surface area contributed by atoms with Crippen molar-refractivity contribution in [1.82, 2.24) is 19.8 Å². The number of hydrogen-bond acceptors (Lipinski definition) is 5. The van der Waals surface area contributed by atoms with Gasteiger partial charge in [-0.15, -0.1) is 0 Å². The first-order valence-electron chi connectivity index (χ1n) is 14.7. The Hall–Kier alpha value is -2.73.